The van der Waals surface area contributed by atoms with E-state index in [-0.39, 0.29) is 11.6 Å². The highest BCUT2D eigenvalue weighted by Crippen LogP contribution is 2.26. The molecule has 5 nitrogen and oxygen atoms in total. The maximum absolute atomic E-state index is 14.5. The fourth-order valence-corrected chi connectivity index (χ4v) is 3.90. The van der Waals surface area contributed by atoms with Crippen LogP contribution in [0.15, 0.2) is 18.3 Å². The van der Waals surface area contributed by atoms with Crippen LogP contribution in [0.5, 0.6) is 0 Å². The number of carbonyl (C=O) groups excluding carboxylic acids is 1. The Balaban J connectivity index is 1.49. The van der Waals surface area contributed by atoms with E-state index in [0.29, 0.717) is 30.8 Å². The Morgan fingerprint density at radius 3 is 2.88 bits per heavy atom. The summed E-state index contributed by atoms with van der Waals surface area (Å²) in [6.07, 6.45) is 5.37. The van der Waals surface area contributed by atoms with Gasteiger partial charge in [-0.3, -0.25) is 14.1 Å². The minimum Gasteiger partial charge on any atom is -0.334 e. The number of aryl methyl sites for hydroxylation is 1. The highest BCUT2D eigenvalue weighted by Gasteiger charge is 2.39. The summed E-state index contributed by atoms with van der Waals surface area (Å²) in [6, 6.07) is 4.58. The third kappa shape index (κ3) is 2.49. The molecule has 1 amide bonds. The first-order valence-electron chi connectivity index (χ1n) is 8.74. The lowest BCUT2D eigenvalue weighted by atomic mass is 9.97. The van der Waals surface area contributed by atoms with Gasteiger partial charge in [-0.05, 0) is 50.9 Å². The Labute approximate surface area is 141 Å². The van der Waals surface area contributed by atoms with Crippen molar-refractivity contribution >= 4 is 11.6 Å². The van der Waals surface area contributed by atoms with Crippen LogP contribution in [0, 0.1) is 12.9 Å². The summed E-state index contributed by atoms with van der Waals surface area (Å²) < 4.78 is 15.8. The number of piperidine rings is 1. The van der Waals surface area contributed by atoms with Crippen molar-refractivity contribution in [2.75, 3.05) is 19.6 Å². The van der Waals surface area contributed by atoms with Crippen LogP contribution in [0.4, 0.5) is 4.39 Å². The van der Waals surface area contributed by atoms with Gasteiger partial charge in [-0.2, -0.15) is 4.39 Å². The summed E-state index contributed by atoms with van der Waals surface area (Å²) in [5, 5.41) is 0. The van der Waals surface area contributed by atoms with Gasteiger partial charge in [-0.15, -0.1) is 0 Å². The molecular weight excluding hydrogens is 307 g/mol. The van der Waals surface area contributed by atoms with E-state index in [2.05, 4.69) is 16.8 Å². The van der Waals surface area contributed by atoms with Crippen LogP contribution in [0.2, 0.25) is 0 Å². The van der Waals surface area contributed by atoms with Gasteiger partial charge in [-0.25, -0.2) is 4.98 Å². The van der Waals surface area contributed by atoms with Gasteiger partial charge in [-0.1, -0.05) is 6.42 Å². The minimum atomic E-state index is -0.565. The standard InChI is InChI=1S/C18H23FN4O/c1-12-6-8-23-15(9-12)20-16(17(23)19)18(24)21-10-14(11-21)22-7-4-3-5-13(22)2/h6,8-9,13-14H,3-5,7,10-11H2,1-2H3/t13-/m1/s1. The lowest BCUT2D eigenvalue weighted by molar-refractivity contribution is 0.00157. The molecule has 2 aliphatic rings. The molecule has 0 unspecified atom stereocenters. The summed E-state index contributed by atoms with van der Waals surface area (Å²) in [7, 11) is 0. The molecule has 0 radical (unpaired) electrons. The number of nitrogens with zero attached hydrogens (tertiary/aromatic N) is 4. The number of hydrogen-bond acceptors (Lipinski definition) is 3. The van der Waals surface area contributed by atoms with Gasteiger partial charge in [0.05, 0.1) is 0 Å². The molecular formula is C18H23FN4O. The fourth-order valence-electron chi connectivity index (χ4n) is 3.90. The van der Waals surface area contributed by atoms with Gasteiger partial charge in [0, 0.05) is 31.4 Å². The Morgan fingerprint density at radius 1 is 1.33 bits per heavy atom. The zero-order valence-electron chi connectivity index (χ0n) is 14.2. The summed E-state index contributed by atoms with van der Waals surface area (Å²) in [4.78, 5) is 21.0. The number of hydrogen-bond donors (Lipinski definition) is 0. The van der Waals surface area contributed by atoms with Gasteiger partial charge in [0.25, 0.3) is 5.91 Å². The third-order valence-corrected chi connectivity index (χ3v) is 5.40. The second-order valence-corrected chi connectivity index (χ2v) is 7.13. The number of amides is 1. The Bertz CT molecular complexity index is 781. The highest BCUT2D eigenvalue weighted by atomic mass is 19.1. The SMILES string of the molecule is Cc1ccn2c(F)c(C(=O)N3CC(N4CCCC[C@H]4C)C3)nc2c1. The molecule has 0 saturated carbocycles. The molecule has 6 heteroatoms. The van der Waals surface area contributed by atoms with Crippen molar-refractivity contribution in [2.24, 2.45) is 0 Å². The Morgan fingerprint density at radius 2 is 2.12 bits per heavy atom. The smallest absolute Gasteiger partial charge is 0.277 e. The van der Waals surface area contributed by atoms with E-state index < -0.39 is 5.95 Å². The number of pyridine rings is 1. The summed E-state index contributed by atoms with van der Waals surface area (Å²) in [5.41, 5.74) is 1.41. The van der Waals surface area contributed by atoms with Gasteiger partial charge < -0.3 is 4.90 Å². The van der Waals surface area contributed by atoms with Crippen molar-refractivity contribution in [1.29, 1.82) is 0 Å². The molecule has 0 aliphatic carbocycles. The molecule has 2 aliphatic heterocycles. The summed E-state index contributed by atoms with van der Waals surface area (Å²) in [6.45, 7) is 6.64. The molecule has 0 spiro atoms. The predicted molar refractivity (Wildman–Crippen MR) is 89.6 cm³/mol. The van der Waals surface area contributed by atoms with Gasteiger partial charge >= 0.3 is 0 Å². The number of carbonyl (C=O) groups is 1. The van der Waals surface area contributed by atoms with Crippen LogP contribution in [-0.2, 0) is 0 Å². The molecule has 0 aromatic carbocycles. The molecule has 2 aromatic rings. The van der Waals surface area contributed by atoms with Crippen molar-refractivity contribution in [2.45, 2.75) is 45.2 Å². The predicted octanol–water partition coefficient (Wildman–Crippen LogP) is 2.48. The molecule has 2 saturated heterocycles. The summed E-state index contributed by atoms with van der Waals surface area (Å²) >= 11 is 0. The van der Waals surface area contributed by atoms with E-state index in [1.807, 2.05) is 13.0 Å². The number of likely N-dealkylation sites (tertiary alicyclic amines) is 2. The van der Waals surface area contributed by atoms with E-state index in [0.717, 1.165) is 12.1 Å². The molecule has 2 fully saturated rings. The first kappa shape index (κ1) is 15.6. The largest absolute Gasteiger partial charge is 0.334 e. The van der Waals surface area contributed by atoms with Crippen LogP contribution in [0.25, 0.3) is 5.65 Å². The monoisotopic (exact) mass is 330 g/mol. The zero-order chi connectivity index (χ0) is 16.8. The van der Waals surface area contributed by atoms with Gasteiger partial charge in [0.15, 0.2) is 5.69 Å². The fraction of sp³-hybridized carbons (Fsp3) is 0.556. The van der Waals surface area contributed by atoms with E-state index in [1.54, 1.807) is 17.2 Å². The second kappa shape index (κ2) is 5.84. The van der Waals surface area contributed by atoms with Crippen molar-refractivity contribution in [3.63, 3.8) is 0 Å². The number of imidazole rings is 1. The number of aromatic nitrogens is 2. The van der Waals surface area contributed by atoms with Crippen LogP contribution in [0.3, 0.4) is 0 Å². The van der Waals surface area contributed by atoms with Crippen LogP contribution >= 0.6 is 0 Å². The maximum Gasteiger partial charge on any atom is 0.277 e. The molecule has 4 heterocycles. The Hall–Kier alpha value is -1.95. The molecule has 24 heavy (non-hydrogen) atoms. The van der Waals surface area contributed by atoms with Crippen molar-refractivity contribution < 1.29 is 9.18 Å². The molecule has 2 aromatic heterocycles. The number of rotatable bonds is 2. The molecule has 4 rings (SSSR count). The van der Waals surface area contributed by atoms with Crippen molar-refractivity contribution in [1.82, 2.24) is 19.2 Å². The quantitative estimate of drug-likeness (QED) is 0.849. The lowest BCUT2D eigenvalue weighted by Crippen LogP contribution is -2.63. The first-order valence-corrected chi connectivity index (χ1v) is 8.74. The van der Waals surface area contributed by atoms with E-state index >= 15 is 0 Å². The van der Waals surface area contributed by atoms with Crippen molar-refractivity contribution in [3.05, 3.63) is 35.5 Å². The van der Waals surface area contributed by atoms with E-state index in [1.165, 1.54) is 23.7 Å². The van der Waals surface area contributed by atoms with E-state index in [9.17, 15) is 9.18 Å². The number of halogens is 1. The van der Waals surface area contributed by atoms with E-state index in [4.69, 9.17) is 0 Å². The van der Waals surface area contributed by atoms with Gasteiger partial charge in [0.1, 0.15) is 5.65 Å². The van der Waals surface area contributed by atoms with Crippen LogP contribution in [0.1, 0.15) is 42.2 Å². The average molecular weight is 330 g/mol. The minimum absolute atomic E-state index is 0.0641. The second-order valence-electron chi connectivity index (χ2n) is 7.13. The molecule has 0 bridgehead atoms. The normalized spacial score (nSPS) is 22.8. The first-order chi connectivity index (χ1) is 11.5. The van der Waals surface area contributed by atoms with Crippen molar-refractivity contribution in [3.8, 4) is 0 Å². The lowest BCUT2D eigenvalue weighted by Gasteiger charge is -2.49. The highest BCUT2D eigenvalue weighted by molar-refractivity contribution is 5.93. The van der Waals surface area contributed by atoms with Crippen LogP contribution < -0.4 is 0 Å². The number of fused-ring (bicyclic) bond motifs is 1. The molecule has 128 valence electrons. The third-order valence-electron chi connectivity index (χ3n) is 5.40. The molecule has 1 atom stereocenters. The van der Waals surface area contributed by atoms with Crippen LogP contribution in [-0.4, -0.2) is 56.8 Å². The zero-order valence-corrected chi connectivity index (χ0v) is 14.2. The van der Waals surface area contributed by atoms with Gasteiger partial charge in [0.2, 0.25) is 5.95 Å². The Kier molecular flexibility index (Phi) is 3.79. The average Bonchev–Trinajstić information content (AvgIpc) is 2.84. The topological polar surface area (TPSA) is 40.9 Å². The summed E-state index contributed by atoms with van der Waals surface area (Å²) in [5.74, 6) is -0.862. The maximum atomic E-state index is 14.5. The molecule has 0 N–H and O–H groups in total.